The summed E-state index contributed by atoms with van der Waals surface area (Å²) < 4.78 is 27.7. The van der Waals surface area contributed by atoms with Gasteiger partial charge in [0.1, 0.15) is 0 Å². The maximum absolute atomic E-state index is 12.6. The van der Waals surface area contributed by atoms with Gasteiger partial charge in [0, 0.05) is 12.4 Å². The number of rotatable bonds is 8. The van der Waals surface area contributed by atoms with Crippen LogP contribution >= 0.6 is 0 Å². The largest absolute Gasteiger partial charge is 0.550 e. The van der Waals surface area contributed by atoms with Crippen LogP contribution in [0.15, 0.2) is 59.5 Å². The molecule has 0 fully saturated rings. The van der Waals surface area contributed by atoms with E-state index in [1.54, 1.807) is 54.6 Å². The van der Waals surface area contributed by atoms with Crippen LogP contribution in [0.2, 0.25) is 0 Å². The van der Waals surface area contributed by atoms with E-state index in [-0.39, 0.29) is 4.90 Å². The molecule has 2 atom stereocenters. The third-order valence-electron chi connectivity index (χ3n) is 4.24. The first kappa shape index (κ1) is 19.1. The number of carbonyl (C=O) groups excluding carboxylic acids is 1. The van der Waals surface area contributed by atoms with Crippen LogP contribution in [0.3, 0.4) is 0 Å². The van der Waals surface area contributed by atoms with Crippen molar-refractivity contribution in [2.24, 2.45) is 0 Å². The molecule has 0 saturated carbocycles. The zero-order chi connectivity index (χ0) is 18.4. The van der Waals surface area contributed by atoms with E-state index in [0.717, 1.165) is 12.0 Å². The molecule has 6 heteroatoms. The van der Waals surface area contributed by atoms with E-state index in [2.05, 4.69) is 18.6 Å². The van der Waals surface area contributed by atoms with Crippen molar-refractivity contribution < 1.29 is 18.3 Å². The van der Waals surface area contributed by atoms with E-state index >= 15 is 0 Å². The Kier molecular flexibility index (Phi) is 6.33. The van der Waals surface area contributed by atoms with Gasteiger partial charge < -0.3 is 9.90 Å². The van der Waals surface area contributed by atoms with Gasteiger partial charge in [-0.05, 0) is 35.6 Å². The van der Waals surface area contributed by atoms with Crippen LogP contribution in [0.5, 0.6) is 0 Å². The van der Waals surface area contributed by atoms with Crippen LogP contribution in [0.25, 0.3) is 0 Å². The number of hydrogen-bond donors (Lipinski definition) is 1. The zero-order valence-electron chi connectivity index (χ0n) is 14.3. The lowest BCUT2D eigenvalue weighted by Crippen LogP contribution is -2.34. The lowest BCUT2D eigenvalue weighted by Gasteiger charge is -2.20. The summed E-state index contributed by atoms with van der Waals surface area (Å²) in [5.41, 5.74) is 1.64. The standard InChI is InChI=1S/C19H23NO4S/c1-3-14(2)15-9-11-17(12-10-15)25(23,24)20-18(13-19(21)22)16-7-5-4-6-8-16/h4-12,14,18,20H,3,13H2,1-2H3,(H,21,22)/p-1/t14-,18-/m1/s1. The second-order valence-electron chi connectivity index (χ2n) is 6.04. The van der Waals surface area contributed by atoms with Crippen LogP contribution in [0.4, 0.5) is 0 Å². The van der Waals surface area contributed by atoms with Crippen LogP contribution in [-0.2, 0) is 14.8 Å². The van der Waals surface area contributed by atoms with Gasteiger partial charge in [0.05, 0.1) is 10.9 Å². The Balaban J connectivity index is 2.26. The molecule has 2 aromatic rings. The molecule has 25 heavy (non-hydrogen) atoms. The highest BCUT2D eigenvalue weighted by Crippen LogP contribution is 2.23. The van der Waals surface area contributed by atoms with E-state index in [0.29, 0.717) is 11.5 Å². The molecule has 5 nitrogen and oxygen atoms in total. The van der Waals surface area contributed by atoms with Crippen molar-refractivity contribution in [3.8, 4) is 0 Å². The van der Waals surface area contributed by atoms with Crippen molar-refractivity contribution in [1.29, 1.82) is 0 Å². The van der Waals surface area contributed by atoms with Crippen molar-refractivity contribution >= 4 is 16.0 Å². The highest BCUT2D eigenvalue weighted by Gasteiger charge is 2.21. The Morgan fingerprint density at radius 1 is 1.04 bits per heavy atom. The van der Waals surface area contributed by atoms with Gasteiger partial charge in [-0.1, -0.05) is 56.3 Å². The summed E-state index contributed by atoms with van der Waals surface area (Å²) in [6.07, 6.45) is 0.528. The van der Waals surface area contributed by atoms with Gasteiger partial charge in [-0.3, -0.25) is 0 Å². The molecule has 0 aromatic heterocycles. The van der Waals surface area contributed by atoms with Gasteiger partial charge in [-0.25, -0.2) is 13.1 Å². The fourth-order valence-corrected chi connectivity index (χ4v) is 3.77. The minimum atomic E-state index is -3.84. The Morgan fingerprint density at radius 3 is 2.16 bits per heavy atom. The van der Waals surface area contributed by atoms with E-state index < -0.39 is 28.5 Å². The second kappa shape index (κ2) is 8.27. The van der Waals surface area contributed by atoms with E-state index in [9.17, 15) is 18.3 Å². The Morgan fingerprint density at radius 2 is 1.64 bits per heavy atom. The zero-order valence-corrected chi connectivity index (χ0v) is 15.1. The summed E-state index contributed by atoms with van der Waals surface area (Å²) >= 11 is 0. The van der Waals surface area contributed by atoms with Gasteiger partial charge in [-0.15, -0.1) is 0 Å². The van der Waals surface area contributed by atoms with Gasteiger partial charge in [0.25, 0.3) is 0 Å². The van der Waals surface area contributed by atoms with Gasteiger partial charge in [0.2, 0.25) is 10.0 Å². The van der Waals surface area contributed by atoms with Crippen molar-refractivity contribution in [2.75, 3.05) is 0 Å². The molecule has 0 spiro atoms. The topological polar surface area (TPSA) is 86.3 Å². The molecule has 0 amide bonds. The average Bonchev–Trinajstić information content (AvgIpc) is 2.61. The minimum absolute atomic E-state index is 0.110. The molecule has 0 heterocycles. The smallest absolute Gasteiger partial charge is 0.241 e. The molecule has 1 N–H and O–H groups in total. The number of hydrogen-bond acceptors (Lipinski definition) is 4. The van der Waals surface area contributed by atoms with Gasteiger partial charge in [-0.2, -0.15) is 0 Å². The van der Waals surface area contributed by atoms with Crippen molar-refractivity contribution in [1.82, 2.24) is 4.72 Å². The molecule has 2 rings (SSSR count). The highest BCUT2D eigenvalue weighted by molar-refractivity contribution is 7.89. The lowest BCUT2D eigenvalue weighted by atomic mass is 9.99. The van der Waals surface area contributed by atoms with Gasteiger partial charge >= 0.3 is 0 Å². The average molecular weight is 360 g/mol. The highest BCUT2D eigenvalue weighted by atomic mass is 32.2. The summed E-state index contributed by atoms with van der Waals surface area (Å²) in [7, 11) is -3.84. The first-order chi connectivity index (χ1) is 11.8. The number of carboxylic acid groups (broad SMARTS) is 1. The second-order valence-corrected chi connectivity index (χ2v) is 7.75. The molecule has 0 saturated heterocycles. The summed E-state index contributed by atoms with van der Waals surface area (Å²) in [6.45, 7) is 4.15. The van der Waals surface area contributed by atoms with Crippen LogP contribution < -0.4 is 9.83 Å². The minimum Gasteiger partial charge on any atom is -0.550 e. The fourth-order valence-electron chi connectivity index (χ4n) is 2.55. The summed E-state index contributed by atoms with van der Waals surface area (Å²) in [4.78, 5) is 11.1. The predicted molar refractivity (Wildman–Crippen MR) is 94.3 cm³/mol. The van der Waals surface area contributed by atoms with Crippen LogP contribution in [0.1, 0.15) is 49.8 Å². The number of aliphatic carboxylic acids is 1. The van der Waals surface area contributed by atoms with Gasteiger partial charge in [0.15, 0.2) is 0 Å². The van der Waals surface area contributed by atoms with E-state index in [4.69, 9.17) is 0 Å². The summed E-state index contributed by atoms with van der Waals surface area (Å²) in [6, 6.07) is 14.4. The molecule has 2 aromatic carbocycles. The molecular weight excluding hydrogens is 338 g/mol. The Labute approximate surface area is 148 Å². The maximum Gasteiger partial charge on any atom is 0.241 e. The summed E-state index contributed by atoms with van der Waals surface area (Å²) in [5, 5.41) is 11.0. The number of nitrogens with one attached hydrogen (secondary N) is 1. The predicted octanol–water partition coefficient (Wildman–Crippen LogP) is 2.36. The monoisotopic (exact) mass is 360 g/mol. The van der Waals surface area contributed by atoms with Crippen LogP contribution in [-0.4, -0.2) is 14.4 Å². The molecule has 0 aliphatic carbocycles. The first-order valence-electron chi connectivity index (χ1n) is 8.20. The Bertz CT molecular complexity index is 801. The molecular formula is C19H22NO4S-. The van der Waals surface area contributed by atoms with Crippen molar-refractivity contribution in [3.63, 3.8) is 0 Å². The van der Waals surface area contributed by atoms with Crippen LogP contribution in [0, 0.1) is 0 Å². The fraction of sp³-hybridized carbons (Fsp3) is 0.316. The van der Waals surface area contributed by atoms with Crippen molar-refractivity contribution in [2.45, 2.75) is 43.5 Å². The summed E-state index contributed by atoms with van der Waals surface area (Å²) in [5.74, 6) is -0.969. The number of carbonyl (C=O) groups is 1. The number of sulfonamides is 1. The third kappa shape index (κ3) is 5.14. The number of benzene rings is 2. The molecule has 0 unspecified atom stereocenters. The third-order valence-corrected chi connectivity index (χ3v) is 5.73. The molecule has 0 aliphatic heterocycles. The van der Waals surface area contributed by atoms with E-state index in [1.807, 2.05) is 0 Å². The maximum atomic E-state index is 12.6. The SMILES string of the molecule is CC[C@@H](C)c1ccc(S(=O)(=O)N[C@H](CC(=O)[O-])c2ccccc2)cc1. The lowest BCUT2D eigenvalue weighted by molar-refractivity contribution is -0.306. The molecule has 0 aliphatic rings. The quantitative estimate of drug-likeness (QED) is 0.783. The normalized spacial score (nSPS) is 14.0. The van der Waals surface area contributed by atoms with E-state index in [1.165, 1.54) is 0 Å². The molecule has 134 valence electrons. The molecule has 0 radical (unpaired) electrons. The molecule has 0 bridgehead atoms. The first-order valence-corrected chi connectivity index (χ1v) is 9.69. The van der Waals surface area contributed by atoms with Crippen molar-refractivity contribution in [3.05, 3.63) is 65.7 Å². The number of carboxylic acids is 1. The Hall–Kier alpha value is -2.18.